The number of aromatic hydroxyl groups is 1. The number of hydrogen-bond acceptors (Lipinski definition) is 3. The van der Waals surface area contributed by atoms with Gasteiger partial charge in [0, 0.05) is 23.9 Å². The predicted molar refractivity (Wildman–Crippen MR) is 73.1 cm³/mol. The molecule has 18 heavy (non-hydrogen) atoms. The fourth-order valence-corrected chi connectivity index (χ4v) is 3.03. The van der Waals surface area contributed by atoms with Crippen LogP contribution in [-0.2, 0) is 0 Å². The molecule has 1 fully saturated rings. The average Bonchev–Trinajstić information content (AvgIpc) is 2.16. The molecule has 0 bridgehead atoms. The van der Waals surface area contributed by atoms with E-state index in [0.717, 1.165) is 18.6 Å². The Morgan fingerprint density at radius 2 is 1.56 bits per heavy atom. The minimum atomic E-state index is 0.0866. The van der Waals surface area contributed by atoms with Gasteiger partial charge in [0.1, 0.15) is 17.6 Å². The van der Waals surface area contributed by atoms with Crippen molar-refractivity contribution in [1.29, 1.82) is 0 Å². The van der Waals surface area contributed by atoms with E-state index in [1.807, 2.05) is 12.1 Å². The maximum Gasteiger partial charge on any atom is 0.119 e. The fourth-order valence-electron chi connectivity index (χ4n) is 3.03. The molecule has 0 unspecified atom stereocenters. The Hall–Kier alpha value is -1.22. The molecule has 1 heterocycles. The topological polar surface area (TPSA) is 41.5 Å². The molecule has 1 aromatic carbocycles. The standard InChI is InChI=1S/C15H23NO2/c1-14(2)9-13(10-15(3,4)16-14)18-12-7-5-11(17)6-8-12/h5-8,13,16-17H,9-10H2,1-4H3. The van der Waals surface area contributed by atoms with Gasteiger partial charge in [-0.15, -0.1) is 0 Å². The molecule has 3 nitrogen and oxygen atoms in total. The van der Waals surface area contributed by atoms with E-state index in [4.69, 9.17) is 4.74 Å². The third-order valence-corrected chi connectivity index (χ3v) is 3.29. The van der Waals surface area contributed by atoms with E-state index in [2.05, 4.69) is 33.0 Å². The van der Waals surface area contributed by atoms with Gasteiger partial charge in [-0.1, -0.05) is 0 Å². The molecular weight excluding hydrogens is 226 g/mol. The Balaban J connectivity index is 2.07. The summed E-state index contributed by atoms with van der Waals surface area (Å²) in [4.78, 5) is 0. The molecule has 0 amide bonds. The Morgan fingerprint density at radius 1 is 1.06 bits per heavy atom. The monoisotopic (exact) mass is 249 g/mol. The van der Waals surface area contributed by atoms with Crippen LogP contribution >= 0.6 is 0 Å². The SMILES string of the molecule is CC1(C)CC(Oc2ccc(O)cc2)CC(C)(C)N1. The fraction of sp³-hybridized carbons (Fsp3) is 0.600. The van der Waals surface area contributed by atoms with Crippen molar-refractivity contribution in [3.05, 3.63) is 24.3 Å². The smallest absolute Gasteiger partial charge is 0.119 e. The summed E-state index contributed by atoms with van der Waals surface area (Å²) in [5.41, 5.74) is 0.173. The van der Waals surface area contributed by atoms with Gasteiger partial charge in [0.15, 0.2) is 0 Å². The van der Waals surface area contributed by atoms with Crippen LogP contribution < -0.4 is 10.1 Å². The van der Waals surface area contributed by atoms with Gasteiger partial charge in [-0.2, -0.15) is 0 Å². The van der Waals surface area contributed by atoms with Gasteiger partial charge < -0.3 is 15.2 Å². The summed E-state index contributed by atoms with van der Waals surface area (Å²) in [6, 6.07) is 6.95. The van der Waals surface area contributed by atoms with Gasteiger partial charge in [-0.3, -0.25) is 0 Å². The van der Waals surface area contributed by atoms with Gasteiger partial charge >= 0.3 is 0 Å². The van der Waals surface area contributed by atoms with Crippen LogP contribution in [0.2, 0.25) is 0 Å². The molecule has 0 radical (unpaired) electrons. The second-order valence-corrected chi connectivity index (χ2v) is 6.53. The Kier molecular flexibility index (Phi) is 3.28. The molecule has 2 rings (SSSR count). The maximum atomic E-state index is 9.26. The summed E-state index contributed by atoms with van der Waals surface area (Å²) in [6.45, 7) is 8.84. The van der Waals surface area contributed by atoms with E-state index in [1.165, 1.54) is 0 Å². The molecule has 1 aliphatic heterocycles. The van der Waals surface area contributed by atoms with E-state index < -0.39 is 0 Å². The Bertz CT molecular complexity index is 393. The summed E-state index contributed by atoms with van der Waals surface area (Å²) in [5.74, 6) is 1.10. The zero-order chi connectivity index (χ0) is 13.4. The number of nitrogens with one attached hydrogen (secondary N) is 1. The van der Waals surface area contributed by atoms with Crippen LogP contribution in [0.5, 0.6) is 11.5 Å². The maximum absolute atomic E-state index is 9.26. The molecule has 0 aliphatic carbocycles. The first kappa shape index (κ1) is 13.2. The number of phenolic OH excluding ortho intramolecular Hbond substituents is 1. The molecule has 0 atom stereocenters. The van der Waals surface area contributed by atoms with E-state index in [-0.39, 0.29) is 22.9 Å². The molecule has 0 saturated carbocycles. The van der Waals surface area contributed by atoms with Gasteiger partial charge in [0.2, 0.25) is 0 Å². The van der Waals surface area contributed by atoms with Crippen LogP contribution in [0.4, 0.5) is 0 Å². The summed E-state index contributed by atoms with van der Waals surface area (Å²) < 4.78 is 6.03. The average molecular weight is 249 g/mol. The molecule has 1 saturated heterocycles. The first-order valence-corrected chi connectivity index (χ1v) is 6.51. The van der Waals surface area contributed by atoms with Crippen LogP contribution in [0.1, 0.15) is 40.5 Å². The highest BCUT2D eigenvalue weighted by molar-refractivity contribution is 5.30. The molecule has 3 heteroatoms. The summed E-state index contributed by atoms with van der Waals surface area (Å²) in [6.07, 6.45) is 2.18. The number of benzene rings is 1. The minimum Gasteiger partial charge on any atom is -0.508 e. The van der Waals surface area contributed by atoms with Gasteiger partial charge in [-0.25, -0.2) is 0 Å². The second-order valence-electron chi connectivity index (χ2n) is 6.53. The number of hydrogen-bond donors (Lipinski definition) is 2. The highest BCUT2D eigenvalue weighted by Gasteiger charge is 2.38. The second kappa shape index (κ2) is 4.47. The molecular formula is C15H23NO2. The lowest BCUT2D eigenvalue weighted by atomic mass is 9.81. The van der Waals surface area contributed by atoms with Crippen LogP contribution in [0.3, 0.4) is 0 Å². The van der Waals surface area contributed by atoms with Crippen molar-refractivity contribution in [3.63, 3.8) is 0 Å². The van der Waals surface area contributed by atoms with E-state index in [0.29, 0.717) is 0 Å². The van der Waals surface area contributed by atoms with E-state index in [9.17, 15) is 5.11 Å². The first-order valence-electron chi connectivity index (χ1n) is 6.51. The Morgan fingerprint density at radius 3 is 2.06 bits per heavy atom. The lowest BCUT2D eigenvalue weighted by molar-refractivity contribution is 0.0559. The normalized spacial score (nSPS) is 22.7. The third kappa shape index (κ3) is 3.39. The van der Waals surface area contributed by atoms with Crippen LogP contribution in [0, 0.1) is 0 Å². The van der Waals surface area contributed by atoms with Crippen LogP contribution in [-0.4, -0.2) is 22.3 Å². The van der Waals surface area contributed by atoms with Gasteiger partial charge in [0.05, 0.1) is 0 Å². The van der Waals surface area contributed by atoms with Crippen molar-refractivity contribution >= 4 is 0 Å². The zero-order valence-corrected chi connectivity index (χ0v) is 11.7. The van der Waals surface area contributed by atoms with Crippen LogP contribution in [0.15, 0.2) is 24.3 Å². The number of ether oxygens (including phenoxy) is 1. The number of rotatable bonds is 2. The quantitative estimate of drug-likeness (QED) is 0.846. The molecule has 0 spiro atoms. The third-order valence-electron chi connectivity index (χ3n) is 3.29. The minimum absolute atomic E-state index is 0.0866. The van der Waals surface area contributed by atoms with Crippen molar-refractivity contribution in [2.24, 2.45) is 0 Å². The number of phenols is 1. The highest BCUT2D eigenvalue weighted by Crippen LogP contribution is 2.31. The molecule has 1 aliphatic rings. The molecule has 100 valence electrons. The van der Waals surface area contributed by atoms with Crippen molar-refractivity contribution in [1.82, 2.24) is 5.32 Å². The first-order chi connectivity index (χ1) is 8.26. The van der Waals surface area contributed by atoms with Gasteiger partial charge in [-0.05, 0) is 52.0 Å². The van der Waals surface area contributed by atoms with Gasteiger partial charge in [0.25, 0.3) is 0 Å². The van der Waals surface area contributed by atoms with E-state index in [1.54, 1.807) is 12.1 Å². The Labute approximate surface area is 109 Å². The molecule has 0 aromatic heterocycles. The van der Waals surface area contributed by atoms with Crippen molar-refractivity contribution < 1.29 is 9.84 Å². The molecule has 2 N–H and O–H groups in total. The predicted octanol–water partition coefficient (Wildman–Crippen LogP) is 3.08. The largest absolute Gasteiger partial charge is 0.508 e. The van der Waals surface area contributed by atoms with Crippen molar-refractivity contribution in [3.8, 4) is 11.5 Å². The summed E-state index contributed by atoms with van der Waals surface area (Å²) >= 11 is 0. The summed E-state index contributed by atoms with van der Waals surface area (Å²) in [7, 11) is 0. The number of piperidine rings is 1. The summed E-state index contributed by atoms with van der Waals surface area (Å²) in [5, 5.41) is 12.9. The van der Waals surface area contributed by atoms with Crippen LogP contribution in [0.25, 0.3) is 0 Å². The van der Waals surface area contributed by atoms with E-state index >= 15 is 0 Å². The zero-order valence-electron chi connectivity index (χ0n) is 11.7. The highest BCUT2D eigenvalue weighted by atomic mass is 16.5. The lowest BCUT2D eigenvalue weighted by Gasteiger charge is -2.46. The molecule has 1 aromatic rings. The lowest BCUT2D eigenvalue weighted by Crippen LogP contribution is -2.60. The van der Waals surface area contributed by atoms with Crippen molar-refractivity contribution in [2.75, 3.05) is 0 Å². The van der Waals surface area contributed by atoms with Crippen molar-refractivity contribution in [2.45, 2.75) is 57.7 Å².